The Morgan fingerprint density at radius 3 is 1.87 bits per heavy atom. The molecule has 0 saturated carbocycles. The molecule has 0 aliphatic carbocycles. The van der Waals surface area contributed by atoms with E-state index < -0.39 is 26.8 Å². The van der Waals surface area contributed by atoms with Gasteiger partial charge >= 0.3 is 5.97 Å². The topological polar surface area (TPSA) is 83.5 Å². The number of nitrogens with one attached hydrogen (secondary N) is 1. The summed E-state index contributed by atoms with van der Waals surface area (Å²) in [6, 6.07) is -1.07. The highest BCUT2D eigenvalue weighted by Crippen LogP contribution is 2.15. The number of carboxylic acid groups (broad SMARTS) is 1. The molecule has 0 radical (unpaired) electrons. The van der Waals surface area contributed by atoms with Gasteiger partial charge in [-0.1, -0.05) is 13.8 Å². The quantitative estimate of drug-likeness (QED) is 0.758. The van der Waals surface area contributed by atoms with E-state index in [1.54, 1.807) is 13.8 Å². The van der Waals surface area contributed by atoms with E-state index >= 15 is 0 Å². The molecule has 0 unspecified atom stereocenters. The highest BCUT2D eigenvalue weighted by atomic mass is 32.2. The maximum absolute atomic E-state index is 11.7. The van der Waals surface area contributed by atoms with Crippen LogP contribution in [0.25, 0.3) is 0 Å². The Bertz CT molecular complexity index is 327. The highest BCUT2D eigenvalue weighted by Gasteiger charge is 2.34. The van der Waals surface area contributed by atoms with Crippen molar-refractivity contribution in [1.82, 2.24) is 4.72 Å². The van der Waals surface area contributed by atoms with Gasteiger partial charge in [-0.3, -0.25) is 4.79 Å². The summed E-state index contributed by atoms with van der Waals surface area (Å²) in [5.41, 5.74) is 0. The molecule has 0 aliphatic rings. The van der Waals surface area contributed by atoms with Gasteiger partial charge in [0.2, 0.25) is 10.0 Å². The van der Waals surface area contributed by atoms with E-state index in [9.17, 15) is 13.2 Å². The van der Waals surface area contributed by atoms with E-state index in [2.05, 4.69) is 4.72 Å². The van der Waals surface area contributed by atoms with Crippen LogP contribution in [0.3, 0.4) is 0 Å². The van der Waals surface area contributed by atoms with Gasteiger partial charge < -0.3 is 5.11 Å². The summed E-state index contributed by atoms with van der Waals surface area (Å²) in [4.78, 5) is 10.8. The van der Waals surface area contributed by atoms with Crippen LogP contribution in [0.15, 0.2) is 0 Å². The first-order valence-corrected chi connectivity index (χ1v) is 6.22. The fraction of sp³-hybridized carbons (Fsp3) is 0.889. The van der Waals surface area contributed by atoms with Crippen molar-refractivity contribution in [3.05, 3.63) is 0 Å². The molecule has 0 saturated heterocycles. The van der Waals surface area contributed by atoms with Crippen LogP contribution in [0.5, 0.6) is 0 Å². The molecule has 0 aliphatic heterocycles. The predicted molar refractivity (Wildman–Crippen MR) is 58.1 cm³/mol. The third-order valence-corrected chi connectivity index (χ3v) is 4.20. The average Bonchev–Trinajstić information content (AvgIpc) is 1.96. The van der Waals surface area contributed by atoms with Gasteiger partial charge in [-0.25, -0.2) is 13.1 Å². The van der Waals surface area contributed by atoms with E-state index in [-0.39, 0.29) is 5.92 Å². The first-order valence-electron chi connectivity index (χ1n) is 4.73. The third-order valence-electron chi connectivity index (χ3n) is 2.02. The standard InChI is InChI=1S/C9H19NO4S/c1-6(2)7(8(11)12)10-15(13,14)9(3,4)5/h6-7,10H,1-5H3,(H,11,12)/t7-/m1/s1. The number of hydrogen-bond donors (Lipinski definition) is 2. The lowest BCUT2D eigenvalue weighted by Gasteiger charge is -2.24. The van der Waals surface area contributed by atoms with Crippen molar-refractivity contribution in [2.45, 2.75) is 45.4 Å². The van der Waals surface area contributed by atoms with Crippen LogP contribution >= 0.6 is 0 Å². The second-order valence-corrected chi connectivity index (χ2v) is 7.26. The van der Waals surface area contributed by atoms with Gasteiger partial charge in [0.25, 0.3) is 0 Å². The van der Waals surface area contributed by atoms with Crippen LogP contribution in [0, 0.1) is 5.92 Å². The predicted octanol–water partition coefficient (Wildman–Crippen LogP) is 0.813. The summed E-state index contributed by atoms with van der Waals surface area (Å²) in [6.07, 6.45) is 0. The summed E-state index contributed by atoms with van der Waals surface area (Å²) in [6.45, 7) is 7.88. The molecule has 0 aromatic rings. The van der Waals surface area contributed by atoms with Crippen molar-refractivity contribution >= 4 is 16.0 Å². The molecule has 15 heavy (non-hydrogen) atoms. The zero-order valence-electron chi connectivity index (χ0n) is 9.73. The fourth-order valence-electron chi connectivity index (χ4n) is 0.816. The SMILES string of the molecule is CC(C)[C@@H](NS(=O)(=O)C(C)(C)C)C(=O)O. The maximum Gasteiger partial charge on any atom is 0.321 e. The number of carboxylic acids is 1. The number of aliphatic carboxylic acids is 1. The Labute approximate surface area is 90.9 Å². The molecule has 0 rings (SSSR count). The van der Waals surface area contributed by atoms with Crippen LogP contribution in [-0.4, -0.2) is 30.3 Å². The first kappa shape index (κ1) is 14.4. The lowest BCUT2D eigenvalue weighted by molar-refractivity contribution is -0.140. The summed E-state index contributed by atoms with van der Waals surface area (Å²) >= 11 is 0. The Balaban J connectivity index is 4.93. The van der Waals surface area contributed by atoms with E-state index in [1.807, 2.05) is 0 Å². The van der Waals surface area contributed by atoms with E-state index in [1.165, 1.54) is 20.8 Å². The van der Waals surface area contributed by atoms with Crippen molar-refractivity contribution in [3.8, 4) is 0 Å². The molecule has 90 valence electrons. The lowest BCUT2D eigenvalue weighted by Crippen LogP contribution is -2.50. The Morgan fingerprint density at radius 1 is 1.27 bits per heavy atom. The van der Waals surface area contributed by atoms with Gasteiger partial charge in [-0.15, -0.1) is 0 Å². The van der Waals surface area contributed by atoms with Crippen LogP contribution in [-0.2, 0) is 14.8 Å². The average molecular weight is 237 g/mol. The second-order valence-electron chi connectivity index (χ2n) is 4.79. The van der Waals surface area contributed by atoms with Gasteiger partial charge in [0.15, 0.2) is 0 Å². The van der Waals surface area contributed by atoms with Crippen molar-refractivity contribution in [2.75, 3.05) is 0 Å². The van der Waals surface area contributed by atoms with E-state index in [4.69, 9.17) is 5.11 Å². The van der Waals surface area contributed by atoms with Gasteiger partial charge in [0.05, 0.1) is 4.75 Å². The highest BCUT2D eigenvalue weighted by molar-refractivity contribution is 7.90. The number of sulfonamides is 1. The third kappa shape index (κ3) is 3.79. The van der Waals surface area contributed by atoms with Crippen LogP contribution < -0.4 is 4.72 Å². The minimum absolute atomic E-state index is 0.292. The minimum Gasteiger partial charge on any atom is -0.480 e. The molecule has 0 fully saturated rings. The Hall–Kier alpha value is -0.620. The Kier molecular flexibility index (Phi) is 4.30. The maximum atomic E-state index is 11.7. The van der Waals surface area contributed by atoms with Crippen molar-refractivity contribution < 1.29 is 18.3 Å². The van der Waals surface area contributed by atoms with Crippen LogP contribution in [0.4, 0.5) is 0 Å². The number of hydrogen-bond acceptors (Lipinski definition) is 3. The van der Waals surface area contributed by atoms with E-state index in [0.29, 0.717) is 0 Å². The normalized spacial score (nSPS) is 15.3. The zero-order chi connectivity index (χ0) is 12.4. The van der Waals surface area contributed by atoms with Gasteiger partial charge in [-0.05, 0) is 26.7 Å². The van der Waals surface area contributed by atoms with Gasteiger partial charge in [-0.2, -0.15) is 0 Å². The smallest absolute Gasteiger partial charge is 0.321 e. The van der Waals surface area contributed by atoms with Gasteiger partial charge in [0.1, 0.15) is 6.04 Å². The fourth-order valence-corrected chi connectivity index (χ4v) is 1.88. The van der Waals surface area contributed by atoms with Crippen molar-refractivity contribution in [3.63, 3.8) is 0 Å². The Morgan fingerprint density at radius 2 is 1.67 bits per heavy atom. The molecule has 6 heteroatoms. The molecule has 0 bridgehead atoms. The zero-order valence-corrected chi connectivity index (χ0v) is 10.6. The molecule has 2 N–H and O–H groups in total. The molecule has 0 heterocycles. The second kappa shape index (κ2) is 4.49. The molecule has 1 atom stereocenters. The molecule has 0 spiro atoms. The van der Waals surface area contributed by atoms with Crippen molar-refractivity contribution in [2.24, 2.45) is 5.92 Å². The summed E-state index contributed by atoms with van der Waals surface area (Å²) in [5.74, 6) is -1.45. The molecule has 5 nitrogen and oxygen atoms in total. The minimum atomic E-state index is -3.62. The van der Waals surface area contributed by atoms with Crippen molar-refractivity contribution in [1.29, 1.82) is 0 Å². The summed E-state index contributed by atoms with van der Waals surface area (Å²) in [5, 5.41) is 8.85. The monoisotopic (exact) mass is 237 g/mol. The molecule has 0 amide bonds. The largest absolute Gasteiger partial charge is 0.480 e. The summed E-state index contributed by atoms with van der Waals surface area (Å²) < 4.78 is 24.6. The molecule has 0 aromatic carbocycles. The number of rotatable bonds is 4. The van der Waals surface area contributed by atoms with Crippen LogP contribution in [0.2, 0.25) is 0 Å². The number of carbonyl (C=O) groups is 1. The van der Waals surface area contributed by atoms with Crippen LogP contribution in [0.1, 0.15) is 34.6 Å². The molecule has 0 aromatic heterocycles. The first-order chi connectivity index (χ1) is 6.49. The molecular formula is C9H19NO4S. The van der Waals surface area contributed by atoms with Gasteiger partial charge in [0, 0.05) is 0 Å². The molecular weight excluding hydrogens is 218 g/mol. The lowest BCUT2D eigenvalue weighted by atomic mass is 10.1. The summed E-state index contributed by atoms with van der Waals surface area (Å²) in [7, 11) is -3.62. The van der Waals surface area contributed by atoms with E-state index in [0.717, 1.165) is 0 Å².